The van der Waals surface area contributed by atoms with Gasteiger partial charge in [-0.2, -0.15) is 5.10 Å². The van der Waals surface area contributed by atoms with E-state index in [1.807, 2.05) is 47.1 Å². The predicted molar refractivity (Wildman–Crippen MR) is 101 cm³/mol. The normalized spacial score (nSPS) is 11.4. The van der Waals surface area contributed by atoms with Gasteiger partial charge >= 0.3 is 0 Å². The van der Waals surface area contributed by atoms with E-state index < -0.39 is 0 Å². The fraction of sp³-hybridized carbons (Fsp3) is 0.263. The second-order valence-electron chi connectivity index (χ2n) is 6.83. The maximum atomic E-state index is 5.78. The van der Waals surface area contributed by atoms with E-state index >= 15 is 0 Å². The number of methoxy groups -OCH3 is 1. The number of hydrogen-bond donors (Lipinski definition) is 2. The van der Waals surface area contributed by atoms with Gasteiger partial charge in [-0.05, 0) is 39.0 Å². The van der Waals surface area contributed by atoms with Gasteiger partial charge in [0.1, 0.15) is 5.82 Å². The number of ether oxygens (including phenoxy) is 1. The molecule has 0 aliphatic heterocycles. The molecule has 0 radical (unpaired) electrons. The average Bonchev–Trinajstić information content (AvgIpc) is 3.00. The summed E-state index contributed by atoms with van der Waals surface area (Å²) in [6, 6.07) is 13.5. The van der Waals surface area contributed by atoms with Crippen molar-refractivity contribution in [3.8, 4) is 17.1 Å². The molecular weight excluding hydrogens is 314 g/mol. The van der Waals surface area contributed by atoms with Crippen LogP contribution in [0.4, 0.5) is 17.2 Å². The molecule has 6 heteroatoms. The van der Waals surface area contributed by atoms with Crippen molar-refractivity contribution in [2.75, 3.05) is 18.2 Å². The molecule has 6 nitrogen and oxygen atoms in total. The second-order valence-corrected chi connectivity index (χ2v) is 6.83. The van der Waals surface area contributed by atoms with Crippen LogP contribution in [0.25, 0.3) is 11.3 Å². The molecule has 3 rings (SSSR count). The molecular formula is C19H23N5O. The van der Waals surface area contributed by atoms with Crippen molar-refractivity contribution in [3.05, 3.63) is 48.7 Å². The van der Waals surface area contributed by atoms with E-state index in [2.05, 4.69) is 31.1 Å². The zero-order chi connectivity index (χ0) is 18.0. The van der Waals surface area contributed by atoms with Crippen molar-refractivity contribution in [1.29, 1.82) is 0 Å². The van der Waals surface area contributed by atoms with E-state index in [0.717, 1.165) is 28.5 Å². The van der Waals surface area contributed by atoms with Crippen molar-refractivity contribution >= 4 is 17.2 Å². The Hall–Kier alpha value is -3.02. The van der Waals surface area contributed by atoms with Crippen LogP contribution in [0.1, 0.15) is 20.8 Å². The molecule has 130 valence electrons. The first-order chi connectivity index (χ1) is 11.9. The summed E-state index contributed by atoms with van der Waals surface area (Å²) in [6.45, 7) is 6.35. The van der Waals surface area contributed by atoms with Gasteiger partial charge in [-0.3, -0.25) is 0 Å². The first-order valence-corrected chi connectivity index (χ1v) is 8.10. The second kappa shape index (κ2) is 6.47. The minimum absolute atomic E-state index is 0.175. The fourth-order valence-corrected chi connectivity index (χ4v) is 2.52. The van der Waals surface area contributed by atoms with Gasteiger partial charge < -0.3 is 15.8 Å². The fourth-order valence-electron chi connectivity index (χ4n) is 2.52. The summed E-state index contributed by atoms with van der Waals surface area (Å²) >= 11 is 0. The van der Waals surface area contributed by atoms with Gasteiger partial charge in [0.2, 0.25) is 5.88 Å². The standard InChI is InChI=1S/C19H23N5O/c1-19(2,3)24-17(22-15-9-10-21-18(11-15)25-4)12-16(23-24)13-5-7-14(20)8-6-13/h5-12H,20H2,1-4H3,(H,21,22). The first-order valence-electron chi connectivity index (χ1n) is 8.10. The number of hydrogen-bond acceptors (Lipinski definition) is 5. The Labute approximate surface area is 147 Å². The molecule has 0 atom stereocenters. The molecule has 0 saturated carbocycles. The third-order valence-electron chi connectivity index (χ3n) is 3.77. The van der Waals surface area contributed by atoms with Crippen LogP contribution in [-0.4, -0.2) is 21.9 Å². The monoisotopic (exact) mass is 337 g/mol. The molecule has 2 heterocycles. The predicted octanol–water partition coefficient (Wildman–Crippen LogP) is 4.03. The average molecular weight is 337 g/mol. The maximum Gasteiger partial charge on any atom is 0.214 e. The number of aromatic nitrogens is 3. The Morgan fingerprint density at radius 1 is 1.08 bits per heavy atom. The summed E-state index contributed by atoms with van der Waals surface area (Å²) in [6.07, 6.45) is 1.71. The minimum atomic E-state index is -0.175. The van der Waals surface area contributed by atoms with Crippen LogP contribution in [0.2, 0.25) is 0 Å². The molecule has 3 N–H and O–H groups in total. The highest BCUT2D eigenvalue weighted by molar-refractivity contribution is 5.68. The van der Waals surface area contributed by atoms with Gasteiger partial charge in [0, 0.05) is 35.3 Å². The minimum Gasteiger partial charge on any atom is -0.481 e. The highest BCUT2D eigenvalue weighted by atomic mass is 16.5. The summed E-state index contributed by atoms with van der Waals surface area (Å²) in [5.41, 5.74) is 9.14. The maximum absolute atomic E-state index is 5.78. The zero-order valence-corrected chi connectivity index (χ0v) is 14.9. The van der Waals surface area contributed by atoms with E-state index in [-0.39, 0.29) is 5.54 Å². The lowest BCUT2D eigenvalue weighted by Crippen LogP contribution is -2.24. The summed E-state index contributed by atoms with van der Waals surface area (Å²) in [4.78, 5) is 4.14. The SMILES string of the molecule is COc1cc(Nc2cc(-c3ccc(N)cc3)nn2C(C)(C)C)ccn1. The number of pyridine rings is 1. The van der Waals surface area contributed by atoms with E-state index in [0.29, 0.717) is 5.88 Å². The highest BCUT2D eigenvalue weighted by Gasteiger charge is 2.20. The Kier molecular flexibility index (Phi) is 4.35. The van der Waals surface area contributed by atoms with Crippen molar-refractivity contribution in [3.63, 3.8) is 0 Å². The van der Waals surface area contributed by atoms with Crippen molar-refractivity contribution in [2.24, 2.45) is 0 Å². The van der Waals surface area contributed by atoms with Gasteiger partial charge in [0.05, 0.1) is 18.3 Å². The van der Waals surface area contributed by atoms with Gasteiger partial charge in [-0.25, -0.2) is 9.67 Å². The van der Waals surface area contributed by atoms with Crippen LogP contribution >= 0.6 is 0 Å². The van der Waals surface area contributed by atoms with Gasteiger partial charge in [-0.15, -0.1) is 0 Å². The Morgan fingerprint density at radius 2 is 1.80 bits per heavy atom. The summed E-state index contributed by atoms with van der Waals surface area (Å²) in [5.74, 6) is 1.46. The van der Waals surface area contributed by atoms with Gasteiger partial charge in [0.25, 0.3) is 0 Å². The highest BCUT2D eigenvalue weighted by Crippen LogP contribution is 2.30. The van der Waals surface area contributed by atoms with Crippen LogP contribution in [0.3, 0.4) is 0 Å². The van der Waals surface area contributed by atoms with E-state index in [9.17, 15) is 0 Å². The quantitative estimate of drug-likeness (QED) is 0.703. The zero-order valence-electron chi connectivity index (χ0n) is 14.9. The van der Waals surface area contributed by atoms with E-state index in [4.69, 9.17) is 15.6 Å². The topological polar surface area (TPSA) is 78.0 Å². The third-order valence-corrected chi connectivity index (χ3v) is 3.77. The number of nitrogens with two attached hydrogens (primary N) is 1. The van der Waals surface area contributed by atoms with Gasteiger partial charge in [0.15, 0.2) is 0 Å². The Morgan fingerprint density at radius 3 is 2.44 bits per heavy atom. The molecule has 0 aliphatic carbocycles. The van der Waals surface area contributed by atoms with Crippen LogP contribution in [0, 0.1) is 0 Å². The summed E-state index contributed by atoms with van der Waals surface area (Å²) in [5, 5.41) is 8.20. The smallest absolute Gasteiger partial charge is 0.214 e. The molecule has 3 aromatic rings. The Balaban J connectivity index is 2.00. The largest absolute Gasteiger partial charge is 0.481 e. The number of rotatable bonds is 4. The van der Waals surface area contributed by atoms with Crippen LogP contribution in [-0.2, 0) is 5.54 Å². The molecule has 2 aromatic heterocycles. The van der Waals surface area contributed by atoms with Crippen molar-refractivity contribution < 1.29 is 4.74 Å². The molecule has 0 unspecified atom stereocenters. The molecule has 0 saturated heterocycles. The van der Waals surface area contributed by atoms with Crippen molar-refractivity contribution in [2.45, 2.75) is 26.3 Å². The number of nitrogen functional groups attached to an aromatic ring is 1. The number of anilines is 3. The molecule has 0 spiro atoms. The molecule has 25 heavy (non-hydrogen) atoms. The van der Waals surface area contributed by atoms with Crippen LogP contribution in [0.5, 0.6) is 5.88 Å². The lowest BCUT2D eigenvalue weighted by Gasteiger charge is -2.22. The van der Waals surface area contributed by atoms with E-state index in [1.54, 1.807) is 13.3 Å². The number of benzene rings is 1. The molecule has 0 amide bonds. The van der Waals surface area contributed by atoms with Crippen LogP contribution < -0.4 is 15.8 Å². The number of nitrogens with one attached hydrogen (secondary N) is 1. The summed E-state index contributed by atoms with van der Waals surface area (Å²) < 4.78 is 7.17. The lowest BCUT2D eigenvalue weighted by atomic mass is 10.1. The number of nitrogens with zero attached hydrogens (tertiary/aromatic N) is 3. The molecule has 0 bridgehead atoms. The van der Waals surface area contributed by atoms with E-state index in [1.165, 1.54) is 0 Å². The van der Waals surface area contributed by atoms with Crippen molar-refractivity contribution in [1.82, 2.24) is 14.8 Å². The summed E-state index contributed by atoms with van der Waals surface area (Å²) in [7, 11) is 1.60. The molecule has 0 aliphatic rings. The molecule has 1 aromatic carbocycles. The lowest BCUT2D eigenvalue weighted by molar-refractivity contribution is 0.362. The van der Waals surface area contributed by atoms with Gasteiger partial charge in [-0.1, -0.05) is 12.1 Å². The van der Waals surface area contributed by atoms with Crippen LogP contribution in [0.15, 0.2) is 48.7 Å². The Bertz CT molecular complexity index is 862. The first kappa shape index (κ1) is 16.8. The third kappa shape index (κ3) is 3.74. The molecule has 0 fully saturated rings.